The normalized spacial score (nSPS) is 14.5. The molecule has 1 atom stereocenters. The summed E-state index contributed by atoms with van der Waals surface area (Å²) in [4.78, 5) is 25.6. The first kappa shape index (κ1) is 15.8. The first-order valence-electron chi connectivity index (χ1n) is 7.29. The standard InChI is InChI=1S/C17H19N3O2/c1-3-16(21)19-14-6-4-13(5-7-14)17(22)20(15-8-9-15)11-12(2)10-18/h3-7,12,15H,1,8-9,11H2,2H3,(H,19,21). The number of hydrogen-bond donors (Lipinski definition) is 1. The van der Waals surface area contributed by atoms with Gasteiger partial charge in [0.25, 0.3) is 5.91 Å². The van der Waals surface area contributed by atoms with Gasteiger partial charge in [-0.25, -0.2) is 0 Å². The zero-order chi connectivity index (χ0) is 16.1. The van der Waals surface area contributed by atoms with Crippen LogP contribution in [0, 0.1) is 17.2 Å². The molecule has 0 aromatic heterocycles. The Labute approximate surface area is 130 Å². The smallest absolute Gasteiger partial charge is 0.254 e. The summed E-state index contributed by atoms with van der Waals surface area (Å²) in [6.45, 7) is 5.66. The van der Waals surface area contributed by atoms with Gasteiger partial charge in [0.2, 0.25) is 5.91 Å². The summed E-state index contributed by atoms with van der Waals surface area (Å²) in [5, 5.41) is 11.6. The molecule has 1 N–H and O–H groups in total. The van der Waals surface area contributed by atoms with E-state index < -0.39 is 0 Å². The second-order valence-corrected chi connectivity index (χ2v) is 5.49. The van der Waals surface area contributed by atoms with Gasteiger partial charge >= 0.3 is 0 Å². The molecule has 1 aliphatic carbocycles. The molecule has 0 spiro atoms. The fraction of sp³-hybridized carbons (Fsp3) is 0.353. The van der Waals surface area contributed by atoms with Gasteiger partial charge in [0.05, 0.1) is 12.0 Å². The van der Waals surface area contributed by atoms with Gasteiger partial charge in [-0.2, -0.15) is 5.26 Å². The summed E-state index contributed by atoms with van der Waals surface area (Å²) >= 11 is 0. The van der Waals surface area contributed by atoms with E-state index in [0.717, 1.165) is 12.8 Å². The fourth-order valence-corrected chi connectivity index (χ4v) is 2.18. The molecule has 1 unspecified atom stereocenters. The van der Waals surface area contributed by atoms with Gasteiger partial charge in [-0.15, -0.1) is 0 Å². The van der Waals surface area contributed by atoms with Crippen molar-refractivity contribution in [1.29, 1.82) is 5.26 Å². The molecular weight excluding hydrogens is 278 g/mol. The molecule has 0 heterocycles. The van der Waals surface area contributed by atoms with Crippen molar-refractivity contribution in [3.05, 3.63) is 42.5 Å². The van der Waals surface area contributed by atoms with Crippen molar-refractivity contribution in [3.63, 3.8) is 0 Å². The van der Waals surface area contributed by atoms with E-state index in [0.29, 0.717) is 17.8 Å². The SMILES string of the molecule is C=CC(=O)Nc1ccc(C(=O)N(CC(C)C#N)C2CC2)cc1. The molecule has 0 radical (unpaired) electrons. The molecule has 0 aliphatic heterocycles. The van der Waals surface area contributed by atoms with Crippen LogP contribution in [0.5, 0.6) is 0 Å². The molecule has 1 aliphatic rings. The molecule has 1 saturated carbocycles. The highest BCUT2D eigenvalue weighted by Gasteiger charge is 2.33. The Morgan fingerprint density at radius 1 is 1.45 bits per heavy atom. The minimum absolute atomic E-state index is 0.0637. The molecule has 114 valence electrons. The number of nitriles is 1. The van der Waals surface area contributed by atoms with Crippen LogP contribution in [-0.2, 0) is 4.79 Å². The predicted molar refractivity (Wildman–Crippen MR) is 84.1 cm³/mol. The molecule has 2 amide bonds. The van der Waals surface area contributed by atoms with E-state index in [4.69, 9.17) is 5.26 Å². The number of anilines is 1. The summed E-state index contributed by atoms with van der Waals surface area (Å²) in [7, 11) is 0. The van der Waals surface area contributed by atoms with Gasteiger partial charge in [-0.05, 0) is 50.1 Å². The highest BCUT2D eigenvalue weighted by atomic mass is 16.2. The summed E-state index contributed by atoms with van der Waals surface area (Å²) < 4.78 is 0. The Hall–Kier alpha value is -2.61. The largest absolute Gasteiger partial charge is 0.334 e. The van der Waals surface area contributed by atoms with E-state index in [1.807, 2.05) is 6.92 Å². The number of carbonyl (C=O) groups is 2. The van der Waals surface area contributed by atoms with Crippen LogP contribution in [-0.4, -0.2) is 29.3 Å². The number of carbonyl (C=O) groups excluding carboxylic acids is 2. The Balaban J connectivity index is 2.08. The number of amides is 2. The van der Waals surface area contributed by atoms with Gasteiger partial charge < -0.3 is 10.2 Å². The molecule has 1 aromatic rings. The van der Waals surface area contributed by atoms with Crippen molar-refractivity contribution >= 4 is 17.5 Å². The van der Waals surface area contributed by atoms with Crippen molar-refractivity contribution < 1.29 is 9.59 Å². The van der Waals surface area contributed by atoms with Crippen LogP contribution in [0.25, 0.3) is 0 Å². The first-order valence-corrected chi connectivity index (χ1v) is 7.29. The van der Waals surface area contributed by atoms with E-state index in [1.165, 1.54) is 6.08 Å². The Kier molecular flexibility index (Phi) is 4.95. The monoisotopic (exact) mass is 297 g/mol. The highest BCUT2D eigenvalue weighted by Crippen LogP contribution is 2.29. The van der Waals surface area contributed by atoms with Gasteiger partial charge in [-0.3, -0.25) is 9.59 Å². The maximum Gasteiger partial charge on any atom is 0.254 e. The van der Waals surface area contributed by atoms with Crippen molar-refractivity contribution in [1.82, 2.24) is 4.90 Å². The van der Waals surface area contributed by atoms with E-state index in [2.05, 4.69) is 18.0 Å². The number of benzene rings is 1. The third-order valence-corrected chi connectivity index (χ3v) is 3.52. The van der Waals surface area contributed by atoms with E-state index in [9.17, 15) is 9.59 Å². The van der Waals surface area contributed by atoms with Crippen molar-refractivity contribution in [2.75, 3.05) is 11.9 Å². The van der Waals surface area contributed by atoms with Crippen LogP contribution in [0.3, 0.4) is 0 Å². The lowest BCUT2D eigenvalue weighted by Crippen LogP contribution is -2.36. The zero-order valence-corrected chi connectivity index (χ0v) is 12.6. The second kappa shape index (κ2) is 6.90. The van der Waals surface area contributed by atoms with Crippen LogP contribution >= 0.6 is 0 Å². The maximum absolute atomic E-state index is 12.6. The molecule has 1 fully saturated rings. The first-order chi connectivity index (χ1) is 10.5. The Morgan fingerprint density at radius 3 is 2.59 bits per heavy atom. The van der Waals surface area contributed by atoms with E-state index in [1.54, 1.807) is 29.2 Å². The third-order valence-electron chi connectivity index (χ3n) is 3.52. The van der Waals surface area contributed by atoms with Gasteiger partial charge in [0.1, 0.15) is 0 Å². The summed E-state index contributed by atoms with van der Waals surface area (Å²) in [6, 6.07) is 9.18. The van der Waals surface area contributed by atoms with Crippen molar-refractivity contribution in [2.45, 2.75) is 25.8 Å². The summed E-state index contributed by atoms with van der Waals surface area (Å²) in [5.74, 6) is -0.538. The second-order valence-electron chi connectivity index (χ2n) is 5.49. The lowest BCUT2D eigenvalue weighted by atomic mass is 10.1. The highest BCUT2D eigenvalue weighted by molar-refractivity contribution is 5.99. The molecule has 1 aromatic carbocycles. The molecular formula is C17H19N3O2. The van der Waals surface area contributed by atoms with Crippen molar-refractivity contribution in [2.24, 2.45) is 5.92 Å². The third kappa shape index (κ3) is 3.95. The van der Waals surface area contributed by atoms with E-state index >= 15 is 0 Å². The fourth-order valence-electron chi connectivity index (χ4n) is 2.18. The molecule has 2 rings (SSSR count). The van der Waals surface area contributed by atoms with Crippen LogP contribution in [0.15, 0.2) is 36.9 Å². The van der Waals surface area contributed by atoms with Gasteiger partial charge in [-0.1, -0.05) is 6.58 Å². The Morgan fingerprint density at radius 2 is 2.09 bits per heavy atom. The molecule has 0 saturated heterocycles. The van der Waals surface area contributed by atoms with Gasteiger partial charge in [0, 0.05) is 23.8 Å². The van der Waals surface area contributed by atoms with Crippen molar-refractivity contribution in [3.8, 4) is 6.07 Å². The average Bonchev–Trinajstić information content (AvgIpc) is 3.37. The van der Waals surface area contributed by atoms with Crippen LogP contribution in [0.4, 0.5) is 5.69 Å². The van der Waals surface area contributed by atoms with E-state index in [-0.39, 0.29) is 23.8 Å². The maximum atomic E-state index is 12.6. The molecule has 22 heavy (non-hydrogen) atoms. The minimum Gasteiger partial charge on any atom is -0.334 e. The number of rotatable bonds is 6. The number of hydrogen-bond acceptors (Lipinski definition) is 3. The quantitative estimate of drug-likeness (QED) is 0.820. The molecule has 0 bridgehead atoms. The van der Waals surface area contributed by atoms with Crippen LogP contribution in [0.2, 0.25) is 0 Å². The van der Waals surface area contributed by atoms with Crippen LogP contribution < -0.4 is 5.32 Å². The summed E-state index contributed by atoms with van der Waals surface area (Å²) in [6.07, 6.45) is 3.19. The average molecular weight is 297 g/mol. The summed E-state index contributed by atoms with van der Waals surface area (Å²) in [5.41, 5.74) is 1.18. The number of nitrogens with zero attached hydrogens (tertiary/aromatic N) is 2. The number of nitrogens with one attached hydrogen (secondary N) is 1. The predicted octanol–water partition coefficient (Wildman–Crippen LogP) is 2.58. The minimum atomic E-state index is -0.290. The topological polar surface area (TPSA) is 73.2 Å². The van der Waals surface area contributed by atoms with Crippen LogP contribution in [0.1, 0.15) is 30.1 Å². The van der Waals surface area contributed by atoms with Gasteiger partial charge in [0.15, 0.2) is 0 Å². The zero-order valence-electron chi connectivity index (χ0n) is 12.6. The lowest BCUT2D eigenvalue weighted by molar-refractivity contribution is -0.111. The lowest BCUT2D eigenvalue weighted by Gasteiger charge is -2.23. The molecule has 5 heteroatoms. The molecule has 5 nitrogen and oxygen atoms in total. The Bertz CT molecular complexity index is 612.